The molecule has 0 aliphatic carbocycles. The molecule has 4 rings (SSSR count). The summed E-state index contributed by atoms with van der Waals surface area (Å²) in [5.41, 5.74) is 15.6. The fourth-order valence-corrected chi connectivity index (χ4v) is 2.94. The average Bonchev–Trinajstić information content (AvgIpc) is 3.15. The smallest absolute Gasteiger partial charge is 0.170 e. The third-order valence-electron chi connectivity index (χ3n) is 3.35. The van der Waals surface area contributed by atoms with E-state index in [0.29, 0.717) is 28.5 Å². The van der Waals surface area contributed by atoms with Gasteiger partial charge in [-0.05, 0) is 23.6 Å². The highest BCUT2D eigenvalue weighted by molar-refractivity contribution is 7.08. The zero-order valence-corrected chi connectivity index (χ0v) is 12.3. The lowest BCUT2D eigenvalue weighted by atomic mass is 10.2. The number of imidazole rings is 1. The Labute approximate surface area is 130 Å². The summed E-state index contributed by atoms with van der Waals surface area (Å²) in [7, 11) is 0. The van der Waals surface area contributed by atoms with E-state index in [4.69, 9.17) is 11.5 Å². The fourth-order valence-electron chi connectivity index (χ4n) is 2.31. The molecule has 0 fully saturated rings. The predicted molar refractivity (Wildman–Crippen MR) is 88.8 cm³/mol. The van der Waals surface area contributed by atoms with Crippen molar-refractivity contribution in [2.75, 3.05) is 11.5 Å². The van der Waals surface area contributed by atoms with Gasteiger partial charge in [-0.25, -0.2) is 15.0 Å². The number of anilines is 2. The fraction of sp³-hybridized carbons (Fsp3) is 0. The summed E-state index contributed by atoms with van der Waals surface area (Å²) >= 11 is 1.61. The van der Waals surface area contributed by atoms with Crippen LogP contribution in [0.2, 0.25) is 0 Å². The molecule has 0 bridgehead atoms. The summed E-state index contributed by atoms with van der Waals surface area (Å²) in [6.45, 7) is 0. The molecule has 22 heavy (non-hydrogen) atoms. The molecule has 4 N–H and O–H groups in total. The van der Waals surface area contributed by atoms with E-state index in [1.807, 2.05) is 45.7 Å². The van der Waals surface area contributed by atoms with Gasteiger partial charge in [0.25, 0.3) is 0 Å². The van der Waals surface area contributed by atoms with E-state index in [2.05, 4.69) is 15.0 Å². The Bertz CT molecular complexity index is 958. The standard InChI is InChI=1S/C15H12N6S/c16-10-3-1-2-9(6-10)14-19-13(17)12-15(20-14)21(8-18-12)11-4-5-22-7-11/h1-8H,16H2,(H2,17,19,20). The van der Waals surface area contributed by atoms with Gasteiger partial charge in [-0.3, -0.25) is 4.57 Å². The molecule has 0 aliphatic rings. The maximum absolute atomic E-state index is 6.04. The monoisotopic (exact) mass is 308 g/mol. The van der Waals surface area contributed by atoms with Gasteiger partial charge in [0, 0.05) is 16.6 Å². The topological polar surface area (TPSA) is 95.6 Å². The predicted octanol–water partition coefficient (Wildman–Crippen LogP) is 2.71. The van der Waals surface area contributed by atoms with Crippen molar-refractivity contribution in [3.05, 3.63) is 47.4 Å². The van der Waals surface area contributed by atoms with Gasteiger partial charge >= 0.3 is 0 Å². The highest BCUT2D eigenvalue weighted by atomic mass is 32.1. The summed E-state index contributed by atoms with van der Waals surface area (Å²) in [5, 5.41) is 4.03. The largest absolute Gasteiger partial charge is 0.399 e. The van der Waals surface area contributed by atoms with Crippen LogP contribution < -0.4 is 11.5 Å². The first kappa shape index (κ1) is 12.8. The normalized spacial score (nSPS) is 11.1. The molecule has 0 unspecified atom stereocenters. The molecule has 0 saturated carbocycles. The van der Waals surface area contributed by atoms with Crippen molar-refractivity contribution in [2.45, 2.75) is 0 Å². The first-order valence-electron chi connectivity index (χ1n) is 6.61. The van der Waals surface area contributed by atoms with Crippen LogP contribution in [0.5, 0.6) is 0 Å². The number of hydrogen-bond donors (Lipinski definition) is 2. The Kier molecular flexibility index (Phi) is 2.80. The minimum atomic E-state index is 0.358. The molecule has 3 aromatic heterocycles. The second kappa shape index (κ2) is 4.81. The SMILES string of the molecule is Nc1cccc(-c2nc(N)c3ncn(-c4ccsc4)c3n2)c1. The van der Waals surface area contributed by atoms with Crippen LogP contribution in [0.1, 0.15) is 0 Å². The second-order valence-corrected chi connectivity index (χ2v) is 5.61. The molecule has 0 radical (unpaired) electrons. The maximum atomic E-state index is 6.04. The Morgan fingerprint density at radius 1 is 1.09 bits per heavy atom. The molecule has 0 aliphatic heterocycles. The lowest BCUT2D eigenvalue weighted by molar-refractivity contribution is 1.07. The molecule has 4 aromatic rings. The van der Waals surface area contributed by atoms with Crippen LogP contribution in [0.4, 0.5) is 11.5 Å². The van der Waals surface area contributed by atoms with Crippen molar-refractivity contribution in [1.82, 2.24) is 19.5 Å². The van der Waals surface area contributed by atoms with E-state index in [-0.39, 0.29) is 0 Å². The number of nitrogen functional groups attached to an aromatic ring is 2. The molecule has 0 spiro atoms. The number of nitrogens with zero attached hydrogens (tertiary/aromatic N) is 4. The van der Waals surface area contributed by atoms with E-state index >= 15 is 0 Å². The van der Waals surface area contributed by atoms with Gasteiger partial charge in [0.1, 0.15) is 6.33 Å². The third-order valence-corrected chi connectivity index (χ3v) is 4.02. The molecule has 3 heterocycles. The highest BCUT2D eigenvalue weighted by Gasteiger charge is 2.13. The van der Waals surface area contributed by atoms with Crippen LogP contribution >= 0.6 is 11.3 Å². The van der Waals surface area contributed by atoms with Crippen molar-refractivity contribution < 1.29 is 0 Å². The molecule has 6 nitrogen and oxygen atoms in total. The zero-order chi connectivity index (χ0) is 15.1. The number of thiophene rings is 1. The van der Waals surface area contributed by atoms with Crippen LogP contribution in [0.3, 0.4) is 0 Å². The van der Waals surface area contributed by atoms with Gasteiger partial charge in [0.15, 0.2) is 22.8 Å². The second-order valence-electron chi connectivity index (χ2n) is 4.83. The summed E-state index contributed by atoms with van der Waals surface area (Å²) in [6.07, 6.45) is 1.71. The number of rotatable bonds is 2. The van der Waals surface area contributed by atoms with Crippen molar-refractivity contribution in [3.63, 3.8) is 0 Å². The zero-order valence-electron chi connectivity index (χ0n) is 11.5. The molecule has 0 atom stereocenters. The van der Waals surface area contributed by atoms with E-state index < -0.39 is 0 Å². The lowest BCUT2D eigenvalue weighted by Crippen LogP contribution is -2.00. The summed E-state index contributed by atoms with van der Waals surface area (Å²) in [6, 6.07) is 9.42. The van der Waals surface area contributed by atoms with E-state index in [9.17, 15) is 0 Å². The number of hydrogen-bond acceptors (Lipinski definition) is 6. The van der Waals surface area contributed by atoms with Crippen LogP contribution in [-0.2, 0) is 0 Å². The van der Waals surface area contributed by atoms with Crippen molar-refractivity contribution in [3.8, 4) is 17.1 Å². The molecule has 7 heteroatoms. The first-order chi connectivity index (χ1) is 10.7. The van der Waals surface area contributed by atoms with Gasteiger partial charge in [-0.1, -0.05) is 12.1 Å². The maximum Gasteiger partial charge on any atom is 0.170 e. The summed E-state index contributed by atoms with van der Waals surface area (Å²) in [5.74, 6) is 0.894. The van der Waals surface area contributed by atoms with E-state index in [1.54, 1.807) is 17.7 Å². The van der Waals surface area contributed by atoms with Crippen molar-refractivity contribution in [1.29, 1.82) is 0 Å². The van der Waals surface area contributed by atoms with Crippen LogP contribution in [0, 0.1) is 0 Å². The molecular formula is C15H12N6S. The quantitative estimate of drug-likeness (QED) is 0.555. The highest BCUT2D eigenvalue weighted by Crippen LogP contribution is 2.25. The van der Waals surface area contributed by atoms with Crippen molar-refractivity contribution >= 4 is 34.0 Å². The lowest BCUT2D eigenvalue weighted by Gasteiger charge is -2.05. The summed E-state index contributed by atoms with van der Waals surface area (Å²) < 4.78 is 1.90. The van der Waals surface area contributed by atoms with Crippen LogP contribution in [-0.4, -0.2) is 19.5 Å². The Balaban J connectivity index is 1.97. The third kappa shape index (κ3) is 1.99. The summed E-state index contributed by atoms with van der Waals surface area (Å²) in [4.78, 5) is 13.3. The molecular weight excluding hydrogens is 296 g/mol. The van der Waals surface area contributed by atoms with Gasteiger partial charge in [0.05, 0.1) is 5.69 Å². The number of aromatic nitrogens is 4. The minimum Gasteiger partial charge on any atom is -0.399 e. The average molecular weight is 308 g/mol. The Morgan fingerprint density at radius 2 is 2.00 bits per heavy atom. The number of nitrogens with two attached hydrogens (primary N) is 2. The van der Waals surface area contributed by atoms with Crippen LogP contribution in [0.15, 0.2) is 47.4 Å². The number of fused-ring (bicyclic) bond motifs is 1. The van der Waals surface area contributed by atoms with Gasteiger partial charge in [-0.2, -0.15) is 11.3 Å². The Morgan fingerprint density at radius 3 is 2.77 bits per heavy atom. The van der Waals surface area contributed by atoms with Gasteiger partial charge < -0.3 is 11.5 Å². The van der Waals surface area contributed by atoms with Gasteiger partial charge in [-0.15, -0.1) is 0 Å². The van der Waals surface area contributed by atoms with Gasteiger partial charge in [0.2, 0.25) is 0 Å². The van der Waals surface area contributed by atoms with Crippen molar-refractivity contribution in [2.24, 2.45) is 0 Å². The molecule has 0 amide bonds. The molecule has 0 saturated heterocycles. The first-order valence-corrected chi connectivity index (χ1v) is 7.56. The van der Waals surface area contributed by atoms with Crippen LogP contribution in [0.25, 0.3) is 28.2 Å². The minimum absolute atomic E-state index is 0.358. The Hall–Kier alpha value is -2.93. The van der Waals surface area contributed by atoms with E-state index in [0.717, 1.165) is 11.3 Å². The molecule has 1 aromatic carbocycles. The molecule has 108 valence electrons. The number of benzene rings is 1. The van der Waals surface area contributed by atoms with E-state index in [1.165, 1.54) is 0 Å².